The molecule has 0 spiro atoms. The molecule has 6 radical (unpaired) electrons. The molecule has 1 aromatic carbocycles. The van der Waals surface area contributed by atoms with Crippen LogP contribution in [0.25, 0.3) is 0 Å². The molecule has 84 valence electrons. The molecule has 0 aromatic heterocycles. The van der Waals surface area contributed by atoms with Gasteiger partial charge in [0.25, 0.3) is 0 Å². The van der Waals surface area contributed by atoms with Crippen molar-refractivity contribution in [1.82, 2.24) is 0 Å². The van der Waals surface area contributed by atoms with E-state index in [4.69, 9.17) is 13.6 Å². The number of ether oxygens (including phenoxy) is 1. The summed E-state index contributed by atoms with van der Waals surface area (Å²) >= 11 is 0. The summed E-state index contributed by atoms with van der Waals surface area (Å²) in [4.78, 5) is 0. The standard InChI is InChI=1S/C12H10O3Si2/c16-13-7-11-5-6-12(15-11,8-14-17)10-4-2-1-3-9(10)11/h1-6H,7-8H2. The van der Waals surface area contributed by atoms with Crippen LogP contribution < -0.4 is 0 Å². The van der Waals surface area contributed by atoms with E-state index < -0.39 is 11.2 Å². The van der Waals surface area contributed by atoms with Crippen LogP contribution in [0.3, 0.4) is 0 Å². The Labute approximate surface area is 107 Å². The highest BCUT2D eigenvalue weighted by Crippen LogP contribution is 2.53. The van der Waals surface area contributed by atoms with Gasteiger partial charge in [-0.3, -0.25) is 0 Å². The second-order valence-corrected chi connectivity index (χ2v) is 4.91. The third kappa shape index (κ3) is 1.44. The average Bonchev–Trinajstić information content (AvgIpc) is 2.83. The maximum absolute atomic E-state index is 6.18. The number of benzene rings is 1. The van der Waals surface area contributed by atoms with Gasteiger partial charge in [-0.2, -0.15) is 0 Å². The van der Waals surface area contributed by atoms with Gasteiger partial charge in [0.2, 0.25) is 21.0 Å². The Hall–Kier alpha value is -0.726. The van der Waals surface area contributed by atoms with E-state index in [2.05, 4.69) is 33.1 Å². The molecule has 0 saturated heterocycles. The quantitative estimate of drug-likeness (QED) is 0.593. The Bertz CT molecular complexity index is 436. The average molecular weight is 258 g/mol. The van der Waals surface area contributed by atoms with Crippen molar-refractivity contribution in [3.05, 3.63) is 47.5 Å². The number of fused-ring (bicyclic) bond motifs is 5. The van der Waals surface area contributed by atoms with E-state index in [1.54, 1.807) is 0 Å². The number of hydrogen-bond donors (Lipinski definition) is 0. The van der Waals surface area contributed by atoms with Crippen LogP contribution in [0.2, 0.25) is 0 Å². The Morgan fingerprint density at radius 1 is 0.941 bits per heavy atom. The van der Waals surface area contributed by atoms with Gasteiger partial charge in [0.15, 0.2) is 0 Å². The smallest absolute Gasteiger partial charge is 0.246 e. The maximum atomic E-state index is 6.18. The zero-order valence-electron chi connectivity index (χ0n) is 9.10. The number of rotatable bonds is 4. The van der Waals surface area contributed by atoms with Gasteiger partial charge in [-0.1, -0.05) is 24.3 Å². The minimum Gasteiger partial charge on any atom is -0.415 e. The van der Waals surface area contributed by atoms with Crippen LogP contribution in [-0.4, -0.2) is 34.2 Å². The second kappa shape index (κ2) is 3.89. The summed E-state index contributed by atoms with van der Waals surface area (Å²) in [6, 6.07) is 8.15. The van der Waals surface area contributed by atoms with Gasteiger partial charge < -0.3 is 13.6 Å². The molecule has 0 N–H and O–H groups in total. The molecule has 0 amide bonds. The lowest BCUT2D eigenvalue weighted by Gasteiger charge is -2.25. The lowest BCUT2D eigenvalue weighted by atomic mass is 9.82. The second-order valence-electron chi connectivity index (χ2n) is 4.34. The Morgan fingerprint density at radius 3 is 1.82 bits per heavy atom. The van der Waals surface area contributed by atoms with Crippen LogP contribution in [0.4, 0.5) is 0 Å². The molecule has 1 aromatic rings. The van der Waals surface area contributed by atoms with Gasteiger partial charge in [0, 0.05) is 0 Å². The van der Waals surface area contributed by atoms with E-state index in [0.29, 0.717) is 13.2 Å². The van der Waals surface area contributed by atoms with Crippen LogP contribution in [0.15, 0.2) is 36.4 Å². The monoisotopic (exact) mass is 258 g/mol. The van der Waals surface area contributed by atoms with Gasteiger partial charge in [-0.05, 0) is 23.3 Å². The predicted octanol–water partition coefficient (Wildman–Crippen LogP) is 0.877. The van der Waals surface area contributed by atoms with Crippen molar-refractivity contribution in [2.45, 2.75) is 11.2 Å². The van der Waals surface area contributed by atoms with Gasteiger partial charge in [0.05, 0.1) is 13.2 Å². The SMILES string of the molecule is [Si]OCC12C=CC(CO[Si])(O1)c1ccccc12. The summed E-state index contributed by atoms with van der Waals surface area (Å²) in [5.74, 6) is 0. The zero-order chi connectivity index (χ0) is 11.9. The molecule has 5 heteroatoms. The van der Waals surface area contributed by atoms with E-state index in [-0.39, 0.29) is 0 Å². The van der Waals surface area contributed by atoms with Crippen molar-refractivity contribution in [2.75, 3.05) is 13.2 Å². The van der Waals surface area contributed by atoms with E-state index >= 15 is 0 Å². The minimum absolute atomic E-state index is 0.431. The third-order valence-electron chi connectivity index (χ3n) is 3.40. The molecule has 17 heavy (non-hydrogen) atoms. The molecule has 2 aliphatic heterocycles. The summed E-state index contributed by atoms with van der Waals surface area (Å²) in [5, 5.41) is 0. The molecule has 0 aliphatic carbocycles. The molecule has 2 bridgehead atoms. The zero-order valence-corrected chi connectivity index (χ0v) is 11.1. The predicted molar refractivity (Wildman–Crippen MR) is 63.4 cm³/mol. The third-order valence-corrected chi connectivity index (χ3v) is 3.69. The highest BCUT2D eigenvalue weighted by atomic mass is 28.2. The Morgan fingerprint density at radius 2 is 1.41 bits per heavy atom. The molecule has 2 unspecified atom stereocenters. The largest absolute Gasteiger partial charge is 0.415 e. The molecule has 3 nitrogen and oxygen atoms in total. The van der Waals surface area contributed by atoms with Crippen molar-refractivity contribution in [3.63, 3.8) is 0 Å². The van der Waals surface area contributed by atoms with E-state index in [0.717, 1.165) is 11.1 Å². The molecule has 0 saturated carbocycles. The fraction of sp³-hybridized carbons (Fsp3) is 0.333. The highest BCUT2D eigenvalue weighted by Gasteiger charge is 2.55. The van der Waals surface area contributed by atoms with Gasteiger partial charge >= 0.3 is 0 Å². The summed E-state index contributed by atoms with van der Waals surface area (Å²) in [6.07, 6.45) is 4.08. The maximum Gasteiger partial charge on any atom is 0.246 e. The van der Waals surface area contributed by atoms with Crippen LogP contribution in [0.5, 0.6) is 0 Å². The summed E-state index contributed by atoms with van der Waals surface area (Å²) < 4.78 is 16.4. The highest BCUT2D eigenvalue weighted by molar-refractivity contribution is 5.98. The van der Waals surface area contributed by atoms with Gasteiger partial charge in [-0.25, -0.2) is 0 Å². The lowest BCUT2D eigenvalue weighted by Crippen LogP contribution is -2.30. The summed E-state index contributed by atoms with van der Waals surface area (Å²) in [7, 11) is 6.11. The number of hydrogen-bond acceptors (Lipinski definition) is 3. The van der Waals surface area contributed by atoms with Crippen molar-refractivity contribution in [1.29, 1.82) is 0 Å². The van der Waals surface area contributed by atoms with Crippen LogP contribution in [0, 0.1) is 0 Å². The first kappa shape index (κ1) is 11.4. The first-order valence-corrected chi connectivity index (χ1v) is 6.16. The van der Waals surface area contributed by atoms with Crippen molar-refractivity contribution in [2.24, 2.45) is 0 Å². The van der Waals surface area contributed by atoms with Gasteiger partial charge in [0.1, 0.15) is 11.2 Å². The molecule has 3 rings (SSSR count). The fourth-order valence-corrected chi connectivity index (χ4v) is 3.13. The van der Waals surface area contributed by atoms with Crippen molar-refractivity contribution in [3.8, 4) is 0 Å². The van der Waals surface area contributed by atoms with Gasteiger partial charge in [-0.15, -0.1) is 0 Å². The normalized spacial score (nSPS) is 33.1. The topological polar surface area (TPSA) is 27.7 Å². The van der Waals surface area contributed by atoms with Crippen LogP contribution in [0.1, 0.15) is 11.1 Å². The molecule has 2 aliphatic rings. The van der Waals surface area contributed by atoms with E-state index in [1.807, 2.05) is 24.3 Å². The molecule has 0 fully saturated rings. The molecular weight excluding hydrogens is 248 g/mol. The van der Waals surface area contributed by atoms with Crippen molar-refractivity contribution < 1.29 is 13.6 Å². The molecule has 2 atom stereocenters. The first-order chi connectivity index (χ1) is 8.26. The Balaban J connectivity index is 2.12. The Kier molecular flexibility index (Phi) is 2.60. The van der Waals surface area contributed by atoms with Crippen molar-refractivity contribution >= 4 is 21.0 Å². The van der Waals surface area contributed by atoms with Crippen LogP contribution >= 0.6 is 0 Å². The lowest BCUT2D eigenvalue weighted by molar-refractivity contribution is -0.104. The van der Waals surface area contributed by atoms with E-state index in [1.165, 1.54) is 0 Å². The minimum atomic E-state index is -0.497. The summed E-state index contributed by atoms with van der Waals surface area (Å²) in [5.41, 5.74) is 1.29. The van der Waals surface area contributed by atoms with Crippen LogP contribution in [-0.2, 0) is 24.8 Å². The molecular formula is C12H10O3Si2. The molecule has 2 heterocycles. The first-order valence-electron chi connectivity index (χ1n) is 5.34. The summed E-state index contributed by atoms with van der Waals surface area (Å²) in [6.45, 7) is 0.863. The fourth-order valence-electron chi connectivity index (χ4n) is 2.70. The van der Waals surface area contributed by atoms with E-state index in [9.17, 15) is 0 Å².